The first-order chi connectivity index (χ1) is 43.4. The highest BCUT2D eigenvalue weighted by Gasteiger charge is 2.65. The van der Waals surface area contributed by atoms with Gasteiger partial charge in [-0.2, -0.15) is 0 Å². The van der Waals surface area contributed by atoms with E-state index in [1.807, 2.05) is 19.1 Å². The number of phenolic OH excluding ortho intramolecular Hbond substituents is 2. The molecule has 1 spiro atoms. The van der Waals surface area contributed by atoms with Crippen molar-refractivity contribution in [3.63, 3.8) is 0 Å². The number of carbonyl (C=O) groups is 1. The number of aryl methyl sites for hydroxylation is 1. The number of benzene rings is 3. The number of aliphatic hydroxyl groups is 5. The molecular formula is C74H84N4O12. The summed E-state index contributed by atoms with van der Waals surface area (Å²) < 4.78 is 21.9. The number of nitrogens with one attached hydrogen (secondary N) is 3. The third kappa shape index (κ3) is 8.52. The van der Waals surface area contributed by atoms with Crippen molar-refractivity contribution in [2.45, 2.75) is 188 Å². The molecule has 4 aromatic rings. The number of dihydropyridines is 2. The van der Waals surface area contributed by atoms with Gasteiger partial charge in [0.15, 0.2) is 5.43 Å². The zero-order chi connectivity index (χ0) is 62.1. The zero-order valence-electron chi connectivity index (χ0n) is 51.6. The van der Waals surface area contributed by atoms with Crippen LogP contribution >= 0.6 is 0 Å². The molecule has 5 aliphatic heterocycles. The van der Waals surface area contributed by atoms with Gasteiger partial charge in [-0.15, -0.1) is 0 Å². The maximum absolute atomic E-state index is 16.3. The summed E-state index contributed by atoms with van der Waals surface area (Å²) in [5.74, 6) is -4.17. The van der Waals surface area contributed by atoms with Crippen LogP contribution in [0.3, 0.4) is 0 Å². The number of ether oxygens (including phenoxy) is 2. The Morgan fingerprint density at radius 1 is 0.944 bits per heavy atom. The average molecular weight is 1220 g/mol. The quantitative estimate of drug-likeness (QED) is 0.0468. The van der Waals surface area contributed by atoms with Crippen LogP contribution in [0.2, 0.25) is 0 Å². The Labute approximate surface area is 524 Å². The lowest BCUT2D eigenvalue weighted by Crippen LogP contribution is -2.59. The van der Waals surface area contributed by atoms with Crippen molar-refractivity contribution in [2.24, 2.45) is 41.2 Å². The number of fused-ring (bicyclic) bond motifs is 10. The molecule has 1 aromatic heterocycles. The lowest BCUT2D eigenvalue weighted by atomic mass is 9.56. The van der Waals surface area contributed by atoms with Crippen molar-refractivity contribution in [1.29, 1.82) is 0 Å². The van der Waals surface area contributed by atoms with Crippen LogP contribution < -0.4 is 31.8 Å². The highest BCUT2D eigenvalue weighted by atomic mass is 16.6. The summed E-state index contributed by atoms with van der Waals surface area (Å²) >= 11 is 0. The number of esters is 1. The molecule has 6 heterocycles. The van der Waals surface area contributed by atoms with Gasteiger partial charge >= 0.3 is 5.97 Å². The molecule has 12 N–H and O–H groups in total. The Morgan fingerprint density at radius 3 is 2.57 bits per heavy atom. The van der Waals surface area contributed by atoms with E-state index in [0.29, 0.717) is 87.7 Å². The van der Waals surface area contributed by atoms with E-state index in [1.165, 1.54) is 11.6 Å². The molecule has 13 aliphatic rings. The van der Waals surface area contributed by atoms with Crippen LogP contribution in [0.5, 0.6) is 17.2 Å². The maximum Gasteiger partial charge on any atom is 0.337 e. The largest absolute Gasteiger partial charge is 0.508 e. The number of allylic oxidation sites excluding steroid dienone is 7. The summed E-state index contributed by atoms with van der Waals surface area (Å²) in [5, 5.41) is 96.4. The normalized spacial score (nSPS) is 36.5. The second-order valence-electron chi connectivity index (χ2n) is 29.1. The maximum atomic E-state index is 16.3. The van der Waals surface area contributed by atoms with Crippen molar-refractivity contribution < 1.29 is 54.4 Å². The van der Waals surface area contributed by atoms with E-state index in [9.17, 15) is 40.5 Å². The highest BCUT2D eigenvalue weighted by molar-refractivity contribution is 5.93. The standard InChI is InChI=1S/C74H84N4O12/c1-4-54(74(87)31-52-44-19-23-72(32-56(44)74)29-39(30-73(86)21-6-5-7-22-73)64(83)49-10-8-9-46(52)63(49)72)70(85)89-58-28-51-65(84)61-57(82)27-41(34-79)88-67(61)62-59-48-20-24-76-68(75)60(48)45(16-13-37-12-14-40(81)26-50(37)53(59)35-80)43-18-17-42-38(25-55(43)71(58,3)90-66(51)62)33-77-69-47(42)15-11-36(2)78-69/h4,8-12,14-15,19-20,23,26-27,33,36,39,43-45,52-53,55-56,58-59,64,69,76-81,83-84,86-87H,5-7,13,16-18,21-22,24-25,28-32,34-35,75H2,1-3H3. The number of aliphatic hydroxyl groups excluding tert-OH is 3. The number of aromatic hydroxyl groups is 2. The SMILES string of the molecule is CC=C(C(=O)OC1Cc2c3c(c4oc(CO)cc(=O)c4c2O)C2C4=CCNC(N)=C4C(CCc4ccc(O)cc4C2CO)C2CCC4=C5C=CC(C)NC5NC=C4CC2C1(C)O3)C1(O)CC2c3cccc4c3C3(C=CC2C1C3)CC(CC1(O)CCCCC1)C4O. The van der Waals surface area contributed by atoms with Crippen molar-refractivity contribution in [1.82, 2.24) is 16.0 Å². The highest BCUT2D eigenvalue weighted by Crippen LogP contribution is 2.68. The van der Waals surface area contributed by atoms with Gasteiger partial charge in [0.25, 0.3) is 0 Å². The van der Waals surface area contributed by atoms with Crippen LogP contribution in [0.4, 0.5) is 0 Å². The fourth-order valence-corrected chi connectivity index (χ4v) is 20.7. The second-order valence-corrected chi connectivity index (χ2v) is 29.1. The lowest BCUT2D eigenvalue weighted by molar-refractivity contribution is -0.172. The summed E-state index contributed by atoms with van der Waals surface area (Å²) in [6.07, 6.45) is 22.0. The molecule has 3 fully saturated rings. The third-order valence-electron chi connectivity index (χ3n) is 24.6. The Balaban J connectivity index is 0.873. The van der Waals surface area contributed by atoms with Crippen molar-refractivity contribution >= 4 is 16.9 Å². The van der Waals surface area contributed by atoms with Gasteiger partial charge in [0.05, 0.1) is 23.9 Å². The fourth-order valence-electron chi connectivity index (χ4n) is 20.7. The lowest BCUT2D eigenvalue weighted by Gasteiger charge is -2.52. The minimum Gasteiger partial charge on any atom is -0.508 e. The molecule has 17 rings (SSSR count). The molecule has 16 unspecified atom stereocenters. The van der Waals surface area contributed by atoms with E-state index >= 15 is 4.79 Å². The van der Waals surface area contributed by atoms with E-state index in [4.69, 9.17) is 19.6 Å². The van der Waals surface area contributed by atoms with Crippen LogP contribution in [-0.4, -0.2) is 90.0 Å². The number of hydrogen-bond acceptors (Lipinski definition) is 16. The molecule has 0 saturated heterocycles. The molecule has 3 saturated carbocycles. The molecular weight excluding hydrogens is 1140 g/mol. The number of carbonyl (C=O) groups excluding carboxylic acids is 1. The van der Waals surface area contributed by atoms with E-state index < -0.39 is 88.5 Å². The van der Waals surface area contributed by atoms with Gasteiger partial charge in [0, 0.05) is 71.5 Å². The van der Waals surface area contributed by atoms with Crippen LogP contribution in [0, 0.1) is 35.5 Å². The van der Waals surface area contributed by atoms with Gasteiger partial charge in [0.2, 0.25) is 0 Å². The zero-order valence-corrected chi connectivity index (χ0v) is 51.6. The van der Waals surface area contributed by atoms with Gasteiger partial charge in [-0.3, -0.25) is 10.1 Å². The Bertz CT molecular complexity index is 4010. The predicted octanol–water partition coefficient (Wildman–Crippen LogP) is 8.96. The summed E-state index contributed by atoms with van der Waals surface area (Å²) in [5.41, 5.74) is 12.8. The molecule has 90 heavy (non-hydrogen) atoms. The average Bonchev–Trinajstić information content (AvgIpc) is 1.41. The number of rotatable bonds is 7. The first kappa shape index (κ1) is 58.2. The molecule has 16 nitrogen and oxygen atoms in total. The van der Waals surface area contributed by atoms with Gasteiger partial charge in [-0.1, -0.05) is 80.0 Å². The van der Waals surface area contributed by atoms with E-state index in [1.54, 1.807) is 25.1 Å². The van der Waals surface area contributed by atoms with E-state index in [0.717, 1.165) is 63.8 Å². The van der Waals surface area contributed by atoms with Gasteiger partial charge in [0.1, 0.15) is 69.9 Å². The minimum absolute atomic E-state index is 0.0137. The summed E-state index contributed by atoms with van der Waals surface area (Å²) in [6.45, 7) is 5.21. The Hall–Kier alpha value is -6.92. The summed E-state index contributed by atoms with van der Waals surface area (Å²) in [7, 11) is 0. The molecule has 472 valence electrons. The van der Waals surface area contributed by atoms with Gasteiger partial charge < -0.3 is 66.0 Å². The number of hydrogen-bond donors (Lipinski definition) is 11. The van der Waals surface area contributed by atoms with Gasteiger partial charge in [-0.05, 0) is 189 Å². The second kappa shape index (κ2) is 21.1. The van der Waals surface area contributed by atoms with Crippen LogP contribution in [0.1, 0.15) is 173 Å². The Morgan fingerprint density at radius 2 is 1.77 bits per heavy atom. The van der Waals surface area contributed by atoms with Crippen molar-refractivity contribution in [3.05, 3.63) is 179 Å². The van der Waals surface area contributed by atoms with Crippen molar-refractivity contribution in [2.75, 3.05) is 13.2 Å². The topological polar surface area (TPSA) is 269 Å². The number of phenols is 2. The number of nitrogens with two attached hydrogens (primary N) is 1. The smallest absolute Gasteiger partial charge is 0.337 e. The molecule has 8 bridgehead atoms. The molecule has 8 aliphatic carbocycles. The summed E-state index contributed by atoms with van der Waals surface area (Å²) in [4.78, 5) is 31.1. The minimum atomic E-state index is -1.67. The molecule has 0 amide bonds. The first-order valence-corrected chi connectivity index (χ1v) is 33.3. The monoisotopic (exact) mass is 1220 g/mol. The summed E-state index contributed by atoms with van der Waals surface area (Å²) in [6, 6.07) is 12.8. The van der Waals surface area contributed by atoms with E-state index in [-0.39, 0.29) is 94.0 Å². The first-order valence-electron chi connectivity index (χ1n) is 33.3. The third-order valence-corrected chi connectivity index (χ3v) is 24.6. The van der Waals surface area contributed by atoms with Crippen molar-refractivity contribution in [3.8, 4) is 17.2 Å². The molecule has 16 atom stereocenters. The van der Waals surface area contributed by atoms with Crippen LogP contribution in [-0.2, 0) is 34.4 Å². The molecule has 3 aromatic carbocycles. The van der Waals surface area contributed by atoms with Crippen LogP contribution in [0.25, 0.3) is 11.0 Å². The molecule has 0 radical (unpaired) electrons. The Kier molecular flexibility index (Phi) is 13.6. The van der Waals surface area contributed by atoms with Crippen LogP contribution in [0.15, 0.2) is 134 Å². The predicted molar refractivity (Wildman–Crippen MR) is 338 cm³/mol. The molecule has 16 heteroatoms. The van der Waals surface area contributed by atoms with E-state index in [2.05, 4.69) is 71.6 Å². The fraction of sp³-hybridized carbons (Fsp3) is 0.514. The van der Waals surface area contributed by atoms with Gasteiger partial charge in [-0.25, -0.2) is 4.79 Å².